The molecular weight excluding hydrogens is 475 g/mol. The van der Waals surface area contributed by atoms with Crippen LogP contribution >= 0.6 is 15.9 Å². The molecule has 1 aliphatic rings. The van der Waals surface area contributed by atoms with Gasteiger partial charge in [-0.3, -0.25) is 9.78 Å². The first-order chi connectivity index (χ1) is 13.6. The Balaban J connectivity index is 1.70. The third-order valence-corrected chi connectivity index (χ3v) is 6.62. The minimum absolute atomic E-state index is 0.131. The molecular formula is C18H17BrF3N3O3S. The summed E-state index contributed by atoms with van der Waals surface area (Å²) in [6.07, 6.45) is -1.22. The second-order valence-corrected chi connectivity index (χ2v) is 9.17. The van der Waals surface area contributed by atoms with Crippen molar-refractivity contribution < 1.29 is 26.4 Å². The van der Waals surface area contributed by atoms with Gasteiger partial charge in [0.05, 0.1) is 16.0 Å². The number of carbonyl (C=O) groups is 1. The van der Waals surface area contributed by atoms with Crippen molar-refractivity contribution in [3.63, 3.8) is 0 Å². The molecule has 1 N–H and O–H groups in total. The van der Waals surface area contributed by atoms with Gasteiger partial charge in [0.25, 0.3) is 5.91 Å². The van der Waals surface area contributed by atoms with Crippen molar-refractivity contribution in [3.05, 3.63) is 58.3 Å². The second-order valence-electron chi connectivity index (χ2n) is 6.57. The van der Waals surface area contributed by atoms with Crippen LogP contribution < -0.4 is 4.72 Å². The van der Waals surface area contributed by atoms with Gasteiger partial charge in [-0.15, -0.1) is 0 Å². The highest BCUT2D eigenvalue weighted by atomic mass is 79.9. The number of rotatable bonds is 4. The molecule has 1 aromatic heterocycles. The number of alkyl halides is 3. The van der Waals surface area contributed by atoms with Crippen molar-refractivity contribution in [2.75, 3.05) is 13.1 Å². The SMILES string of the molecule is O=C(c1cccnc1)N1CCC(NS(=O)(=O)c2ccc(Br)cc2C(F)(F)F)CC1. The molecule has 2 aromatic rings. The van der Waals surface area contributed by atoms with Crippen LogP contribution in [0, 0.1) is 0 Å². The summed E-state index contributed by atoms with van der Waals surface area (Å²) in [4.78, 5) is 17.1. The van der Waals surface area contributed by atoms with Gasteiger partial charge in [0.1, 0.15) is 0 Å². The predicted octanol–water partition coefficient (Wildman–Crippen LogP) is 3.45. The van der Waals surface area contributed by atoms with Crippen LogP contribution in [-0.2, 0) is 16.2 Å². The maximum Gasteiger partial charge on any atom is 0.417 e. The number of likely N-dealkylation sites (tertiary alicyclic amines) is 1. The highest BCUT2D eigenvalue weighted by Crippen LogP contribution is 2.36. The first-order valence-electron chi connectivity index (χ1n) is 8.66. The molecule has 1 aromatic carbocycles. The van der Waals surface area contributed by atoms with Crippen LogP contribution in [0.1, 0.15) is 28.8 Å². The average Bonchev–Trinajstić information content (AvgIpc) is 2.67. The Morgan fingerprint density at radius 3 is 2.48 bits per heavy atom. The number of amides is 1. The number of pyridine rings is 1. The van der Waals surface area contributed by atoms with E-state index in [2.05, 4.69) is 25.6 Å². The minimum atomic E-state index is -4.81. The van der Waals surface area contributed by atoms with E-state index in [1.807, 2.05) is 0 Å². The largest absolute Gasteiger partial charge is 0.417 e. The van der Waals surface area contributed by atoms with Gasteiger partial charge < -0.3 is 4.90 Å². The first-order valence-corrected chi connectivity index (χ1v) is 10.9. The molecule has 1 amide bonds. The van der Waals surface area contributed by atoms with E-state index in [-0.39, 0.29) is 23.5 Å². The number of benzene rings is 1. The molecule has 0 atom stereocenters. The number of piperidine rings is 1. The number of hydrogen-bond donors (Lipinski definition) is 1. The summed E-state index contributed by atoms with van der Waals surface area (Å²) >= 11 is 2.94. The number of nitrogens with zero attached hydrogens (tertiary/aromatic N) is 2. The van der Waals surface area contributed by atoms with Crippen LogP contribution in [0.4, 0.5) is 13.2 Å². The van der Waals surface area contributed by atoms with Crippen molar-refractivity contribution in [2.24, 2.45) is 0 Å². The van der Waals surface area contributed by atoms with Crippen LogP contribution in [0.3, 0.4) is 0 Å². The van der Waals surface area contributed by atoms with Crippen LogP contribution in [0.5, 0.6) is 0 Å². The molecule has 1 saturated heterocycles. The predicted molar refractivity (Wildman–Crippen MR) is 103 cm³/mol. The molecule has 0 radical (unpaired) electrons. The fraction of sp³-hybridized carbons (Fsp3) is 0.333. The summed E-state index contributed by atoms with van der Waals surface area (Å²) in [7, 11) is -4.38. The molecule has 6 nitrogen and oxygen atoms in total. The van der Waals surface area contributed by atoms with Crippen LogP contribution in [0.15, 0.2) is 52.1 Å². The zero-order valence-electron chi connectivity index (χ0n) is 15.0. The fourth-order valence-corrected chi connectivity index (χ4v) is 4.99. The summed E-state index contributed by atoms with van der Waals surface area (Å²) in [6, 6.07) is 5.63. The molecule has 29 heavy (non-hydrogen) atoms. The second kappa shape index (κ2) is 8.41. The van der Waals surface area contributed by atoms with E-state index < -0.39 is 32.7 Å². The molecule has 0 aliphatic carbocycles. The lowest BCUT2D eigenvalue weighted by molar-refractivity contribution is -0.139. The number of carbonyl (C=O) groups excluding carboxylic acids is 1. The van der Waals surface area contributed by atoms with Gasteiger partial charge in [0.15, 0.2) is 0 Å². The molecule has 2 heterocycles. The molecule has 0 saturated carbocycles. The van der Waals surface area contributed by atoms with E-state index in [0.717, 1.165) is 12.1 Å². The van der Waals surface area contributed by atoms with E-state index in [1.165, 1.54) is 12.3 Å². The fourth-order valence-electron chi connectivity index (χ4n) is 3.11. The molecule has 11 heteroatoms. The zero-order valence-corrected chi connectivity index (χ0v) is 17.4. The van der Waals surface area contributed by atoms with E-state index in [0.29, 0.717) is 18.4 Å². The Labute approximate surface area is 174 Å². The number of aromatic nitrogens is 1. The van der Waals surface area contributed by atoms with Gasteiger partial charge in [-0.2, -0.15) is 13.2 Å². The van der Waals surface area contributed by atoms with Crippen molar-refractivity contribution in [3.8, 4) is 0 Å². The van der Waals surface area contributed by atoms with E-state index >= 15 is 0 Å². The normalized spacial score (nSPS) is 16.1. The molecule has 0 spiro atoms. The quantitative estimate of drug-likeness (QED) is 0.710. The number of hydrogen-bond acceptors (Lipinski definition) is 4. The van der Waals surface area contributed by atoms with Crippen LogP contribution in [0.2, 0.25) is 0 Å². The Kier molecular flexibility index (Phi) is 6.30. The summed E-state index contributed by atoms with van der Waals surface area (Å²) in [5.74, 6) is -0.216. The van der Waals surface area contributed by atoms with Crippen LogP contribution in [-0.4, -0.2) is 43.3 Å². The third-order valence-electron chi connectivity index (χ3n) is 4.55. The minimum Gasteiger partial charge on any atom is -0.338 e. The first kappa shape index (κ1) is 21.7. The van der Waals surface area contributed by atoms with Crippen molar-refractivity contribution >= 4 is 31.9 Å². The standard InChI is InChI=1S/C18H17BrF3N3O3S/c19-13-3-4-16(15(10-13)18(20,21)22)29(27,28)24-14-5-8-25(9-6-14)17(26)12-2-1-7-23-11-12/h1-4,7,10-11,14,24H,5-6,8-9H2. The van der Waals surface area contributed by atoms with E-state index in [9.17, 15) is 26.4 Å². The van der Waals surface area contributed by atoms with Crippen molar-refractivity contribution in [1.82, 2.24) is 14.6 Å². The molecule has 156 valence electrons. The number of halogens is 4. The lowest BCUT2D eigenvalue weighted by Crippen LogP contribution is -2.46. The lowest BCUT2D eigenvalue weighted by atomic mass is 10.1. The smallest absolute Gasteiger partial charge is 0.338 e. The van der Waals surface area contributed by atoms with Crippen molar-refractivity contribution in [2.45, 2.75) is 30.0 Å². The summed E-state index contributed by atoms with van der Waals surface area (Å²) in [5.41, 5.74) is -0.806. The number of nitrogens with one attached hydrogen (secondary N) is 1. The van der Waals surface area contributed by atoms with Gasteiger partial charge in [-0.05, 0) is 43.2 Å². The van der Waals surface area contributed by atoms with E-state index in [4.69, 9.17) is 0 Å². The van der Waals surface area contributed by atoms with Gasteiger partial charge in [0, 0.05) is 36.0 Å². The molecule has 1 fully saturated rings. The molecule has 1 aliphatic heterocycles. The van der Waals surface area contributed by atoms with Gasteiger partial charge in [-0.25, -0.2) is 13.1 Å². The Hall–Kier alpha value is -1.98. The lowest BCUT2D eigenvalue weighted by Gasteiger charge is -2.32. The van der Waals surface area contributed by atoms with E-state index in [1.54, 1.807) is 23.2 Å². The summed E-state index contributed by atoms with van der Waals surface area (Å²) < 4.78 is 67.5. The summed E-state index contributed by atoms with van der Waals surface area (Å²) in [5, 5.41) is 0. The molecule has 0 unspecified atom stereocenters. The molecule has 0 bridgehead atoms. The zero-order chi connectivity index (χ0) is 21.2. The summed E-state index contributed by atoms with van der Waals surface area (Å²) in [6.45, 7) is 0.570. The number of sulfonamides is 1. The monoisotopic (exact) mass is 491 g/mol. The van der Waals surface area contributed by atoms with Gasteiger partial charge in [0.2, 0.25) is 10.0 Å². The topological polar surface area (TPSA) is 79.4 Å². The Morgan fingerprint density at radius 2 is 1.90 bits per heavy atom. The highest BCUT2D eigenvalue weighted by molar-refractivity contribution is 9.10. The molecule has 3 rings (SSSR count). The average molecular weight is 492 g/mol. The van der Waals surface area contributed by atoms with Crippen LogP contribution in [0.25, 0.3) is 0 Å². The Morgan fingerprint density at radius 1 is 1.21 bits per heavy atom. The van der Waals surface area contributed by atoms with Crippen molar-refractivity contribution in [1.29, 1.82) is 0 Å². The van der Waals surface area contributed by atoms with Gasteiger partial charge in [-0.1, -0.05) is 15.9 Å². The maximum atomic E-state index is 13.3. The van der Waals surface area contributed by atoms with Gasteiger partial charge >= 0.3 is 6.18 Å². The maximum absolute atomic E-state index is 13.3. The highest BCUT2D eigenvalue weighted by Gasteiger charge is 2.38. The Bertz CT molecular complexity index is 992. The third kappa shape index (κ3) is 5.14.